The summed E-state index contributed by atoms with van der Waals surface area (Å²) in [6, 6.07) is 1.58. The normalized spacial score (nSPS) is 15.8. The van der Waals surface area contributed by atoms with Gasteiger partial charge < -0.3 is 10.5 Å². The number of hydrogen-bond acceptors (Lipinski definition) is 4. The highest BCUT2D eigenvalue weighted by molar-refractivity contribution is 6.24. The van der Waals surface area contributed by atoms with Crippen LogP contribution in [0.15, 0.2) is 18.5 Å². The number of rotatable bonds is 10. The molecule has 1 aromatic rings. The number of unbranched alkanes of at least 4 members (excludes halogenated alkanes) is 1. The minimum Gasteiger partial charge on any atom is -0.380 e. The Hall–Kier alpha value is -0.420. The molecule has 1 rings (SSSR count). The Morgan fingerprint density at radius 3 is 2.55 bits per heavy atom. The highest BCUT2D eigenvalue weighted by Crippen LogP contribution is 2.13. The Labute approximate surface area is 131 Å². The van der Waals surface area contributed by atoms with Crippen LogP contribution in [0.4, 0.5) is 0 Å². The van der Waals surface area contributed by atoms with Crippen molar-refractivity contribution in [2.75, 3.05) is 13.2 Å². The van der Waals surface area contributed by atoms with Gasteiger partial charge in [0, 0.05) is 36.8 Å². The third-order valence-corrected chi connectivity index (χ3v) is 4.08. The second-order valence-corrected chi connectivity index (χ2v) is 5.84. The lowest BCUT2D eigenvalue weighted by atomic mass is 10.1. The summed E-state index contributed by atoms with van der Waals surface area (Å²) < 4.78 is 5.54. The molecule has 20 heavy (non-hydrogen) atoms. The van der Waals surface area contributed by atoms with Crippen LogP contribution in [0.25, 0.3) is 0 Å². The SMILES string of the molecule is CCC(Cl)C(N)C(Cl)COCCCCc1ncccn1. The van der Waals surface area contributed by atoms with Gasteiger partial charge in [-0.25, -0.2) is 9.97 Å². The molecule has 0 amide bonds. The summed E-state index contributed by atoms with van der Waals surface area (Å²) in [7, 11) is 0. The van der Waals surface area contributed by atoms with Gasteiger partial charge in [-0.05, 0) is 25.3 Å². The second-order valence-electron chi connectivity index (χ2n) is 4.71. The van der Waals surface area contributed by atoms with E-state index < -0.39 is 0 Å². The molecule has 4 nitrogen and oxygen atoms in total. The second kappa shape index (κ2) is 10.3. The maximum absolute atomic E-state index is 6.16. The Morgan fingerprint density at radius 2 is 1.90 bits per heavy atom. The summed E-state index contributed by atoms with van der Waals surface area (Å²) in [6.45, 7) is 3.10. The number of ether oxygens (including phenoxy) is 1. The van der Waals surface area contributed by atoms with Crippen molar-refractivity contribution < 1.29 is 4.74 Å². The van der Waals surface area contributed by atoms with Crippen molar-refractivity contribution in [2.24, 2.45) is 5.73 Å². The molecule has 1 aromatic heterocycles. The first-order chi connectivity index (χ1) is 9.65. The highest BCUT2D eigenvalue weighted by atomic mass is 35.5. The fourth-order valence-corrected chi connectivity index (χ4v) is 2.27. The van der Waals surface area contributed by atoms with Crippen LogP contribution >= 0.6 is 23.2 Å². The summed E-state index contributed by atoms with van der Waals surface area (Å²) in [6.07, 6.45) is 7.14. The monoisotopic (exact) mass is 319 g/mol. The van der Waals surface area contributed by atoms with E-state index in [4.69, 9.17) is 33.7 Å². The molecule has 0 saturated heterocycles. The van der Waals surface area contributed by atoms with Gasteiger partial charge in [0.2, 0.25) is 0 Å². The third kappa shape index (κ3) is 6.84. The van der Waals surface area contributed by atoms with Crippen LogP contribution in [0.5, 0.6) is 0 Å². The predicted octanol–water partition coefficient (Wildman–Crippen LogP) is 2.77. The Kier molecular flexibility index (Phi) is 9.10. The van der Waals surface area contributed by atoms with Crippen molar-refractivity contribution in [1.29, 1.82) is 0 Å². The number of nitrogens with zero attached hydrogens (tertiary/aromatic N) is 2. The Balaban J connectivity index is 2.04. The summed E-state index contributed by atoms with van der Waals surface area (Å²) >= 11 is 12.2. The molecule has 0 aromatic carbocycles. The first kappa shape index (κ1) is 17.6. The summed E-state index contributed by atoms with van der Waals surface area (Å²) in [4.78, 5) is 8.35. The first-order valence-electron chi connectivity index (χ1n) is 7.02. The molecule has 1 heterocycles. The lowest BCUT2D eigenvalue weighted by Crippen LogP contribution is -2.41. The standard InChI is InChI=1S/C14H23Cl2N3O/c1-2-11(15)14(17)12(16)10-20-9-4-3-6-13-18-7-5-8-19-13/h5,7-8,11-12,14H,2-4,6,9-10,17H2,1H3. The average Bonchev–Trinajstić information content (AvgIpc) is 2.49. The number of alkyl halides is 2. The van der Waals surface area contributed by atoms with E-state index in [0.717, 1.165) is 31.5 Å². The molecular formula is C14H23Cl2N3O. The molecule has 0 bridgehead atoms. The lowest BCUT2D eigenvalue weighted by Gasteiger charge is -2.21. The fraction of sp³-hybridized carbons (Fsp3) is 0.714. The van der Waals surface area contributed by atoms with Crippen molar-refractivity contribution >= 4 is 23.2 Å². The molecule has 3 unspecified atom stereocenters. The van der Waals surface area contributed by atoms with Gasteiger partial charge in [-0.3, -0.25) is 0 Å². The number of nitrogens with two attached hydrogens (primary N) is 1. The molecule has 0 aliphatic carbocycles. The minimum absolute atomic E-state index is 0.101. The van der Waals surface area contributed by atoms with E-state index in [1.807, 2.05) is 13.0 Å². The van der Waals surface area contributed by atoms with E-state index in [1.54, 1.807) is 12.4 Å². The third-order valence-electron chi connectivity index (χ3n) is 3.06. The molecule has 0 aliphatic heterocycles. The van der Waals surface area contributed by atoms with Crippen LogP contribution in [0, 0.1) is 0 Å². The van der Waals surface area contributed by atoms with Gasteiger partial charge in [-0.1, -0.05) is 6.92 Å². The van der Waals surface area contributed by atoms with Gasteiger partial charge in [0.05, 0.1) is 12.0 Å². The quantitative estimate of drug-likeness (QED) is 0.532. The van der Waals surface area contributed by atoms with Crippen molar-refractivity contribution in [3.63, 3.8) is 0 Å². The van der Waals surface area contributed by atoms with Gasteiger partial charge in [0.1, 0.15) is 5.82 Å². The molecule has 0 spiro atoms. The van der Waals surface area contributed by atoms with Gasteiger partial charge >= 0.3 is 0 Å². The maximum Gasteiger partial charge on any atom is 0.128 e. The number of hydrogen-bond donors (Lipinski definition) is 1. The molecule has 0 aliphatic rings. The Morgan fingerprint density at radius 1 is 1.20 bits per heavy atom. The van der Waals surface area contributed by atoms with E-state index in [0.29, 0.717) is 13.2 Å². The van der Waals surface area contributed by atoms with Crippen LogP contribution in [0.2, 0.25) is 0 Å². The van der Waals surface area contributed by atoms with Crippen LogP contribution in [0.1, 0.15) is 32.0 Å². The topological polar surface area (TPSA) is 61.0 Å². The van der Waals surface area contributed by atoms with Crippen LogP contribution in [-0.4, -0.2) is 40.0 Å². The minimum atomic E-state index is -0.241. The number of aryl methyl sites for hydroxylation is 1. The van der Waals surface area contributed by atoms with Crippen molar-refractivity contribution in [1.82, 2.24) is 9.97 Å². The first-order valence-corrected chi connectivity index (χ1v) is 7.89. The molecule has 0 fully saturated rings. The van der Waals surface area contributed by atoms with Crippen molar-refractivity contribution in [3.8, 4) is 0 Å². The highest BCUT2D eigenvalue weighted by Gasteiger charge is 2.21. The summed E-state index contributed by atoms with van der Waals surface area (Å²) in [5, 5.41) is -0.341. The number of halogens is 2. The van der Waals surface area contributed by atoms with Gasteiger partial charge in [0.25, 0.3) is 0 Å². The predicted molar refractivity (Wildman–Crippen MR) is 83.3 cm³/mol. The fourth-order valence-electron chi connectivity index (χ4n) is 1.75. The van der Waals surface area contributed by atoms with Gasteiger partial charge in [-0.2, -0.15) is 0 Å². The van der Waals surface area contributed by atoms with Crippen molar-refractivity contribution in [2.45, 2.75) is 49.4 Å². The molecular weight excluding hydrogens is 297 g/mol. The van der Waals surface area contributed by atoms with Gasteiger partial charge in [0.15, 0.2) is 0 Å². The average molecular weight is 320 g/mol. The van der Waals surface area contributed by atoms with E-state index in [2.05, 4.69) is 9.97 Å². The lowest BCUT2D eigenvalue weighted by molar-refractivity contribution is 0.125. The summed E-state index contributed by atoms with van der Waals surface area (Å²) in [5.41, 5.74) is 5.93. The largest absolute Gasteiger partial charge is 0.380 e. The van der Waals surface area contributed by atoms with Crippen molar-refractivity contribution in [3.05, 3.63) is 24.3 Å². The molecule has 0 saturated carbocycles. The van der Waals surface area contributed by atoms with Gasteiger partial charge in [-0.15, -0.1) is 23.2 Å². The molecule has 2 N–H and O–H groups in total. The van der Waals surface area contributed by atoms with E-state index >= 15 is 0 Å². The number of aromatic nitrogens is 2. The summed E-state index contributed by atoms with van der Waals surface area (Å²) in [5.74, 6) is 0.873. The molecule has 6 heteroatoms. The van der Waals surface area contributed by atoms with E-state index in [1.165, 1.54) is 0 Å². The Bertz CT molecular complexity index is 354. The van der Waals surface area contributed by atoms with E-state index in [9.17, 15) is 0 Å². The zero-order valence-corrected chi connectivity index (χ0v) is 13.4. The smallest absolute Gasteiger partial charge is 0.128 e. The van der Waals surface area contributed by atoms with Crippen LogP contribution in [-0.2, 0) is 11.2 Å². The van der Waals surface area contributed by atoms with Crippen LogP contribution < -0.4 is 5.73 Å². The maximum atomic E-state index is 6.16. The molecule has 114 valence electrons. The molecule has 0 radical (unpaired) electrons. The van der Waals surface area contributed by atoms with Crippen LogP contribution in [0.3, 0.4) is 0 Å². The van der Waals surface area contributed by atoms with E-state index in [-0.39, 0.29) is 16.8 Å². The zero-order chi connectivity index (χ0) is 14.8. The molecule has 3 atom stereocenters. The zero-order valence-electron chi connectivity index (χ0n) is 11.8.